The third-order valence-electron chi connectivity index (χ3n) is 15.3. The summed E-state index contributed by atoms with van der Waals surface area (Å²) < 4.78 is 0. The van der Waals surface area contributed by atoms with Crippen LogP contribution in [0.25, 0.3) is 22.3 Å². The molecule has 0 aromatic heterocycles. The molecule has 2 aliphatic rings. The zero-order valence-electron chi connectivity index (χ0n) is 41.7. The topological polar surface area (TPSA) is 3.24 Å². The summed E-state index contributed by atoms with van der Waals surface area (Å²) in [5.41, 5.74) is 21.6. The zero-order valence-corrected chi connectivity index (χ0v) is 41.7. The standard InChI is InChI=1S/C68H63N/c1-64(2,3)46-32-36-49(37-33-46)67(50-38-34-47(35-39-50)65(4,5)6)58-28-18-16-26-54(58)56-42-40-52(44-62(56)67)69(51-24-14-11-15-25-51)53-41-43-57-55-27-17-19-29-59(55)68(63(57)45-53,48-22-12-10-13-23-48)61-31-21-20-30-60(61)66(7,8)9/h10-45H,1-9H3. The van der Waals surface area contributed by atoms with Gasteiger partial charge in [-0.3, -0.25) is 0 Å². The van der Waals surface area contributed by atoms with Crippen molar-refractivity contribution in [2.75, 3.05) is 4.90 Å². The fourth-order valence-corrected chi connectivity index (χ4v) is 12.0. The minimum atomic E-state index is -0.574. The van der Waals surface area contributed by atoms with Crippen molar-refractivity contribution in [2.24, 2.45) is 0 Å². The van der Waals surface area contributed by atoms with Crippen LogP contribution >= 0.6 is 0 Å². The molecule has 0 aliphatic heterocycles. The van der Waals surface area contributed by atoms with Gasteiger partial charge in [-0.15, -0.1) is 0 Å². The number of nitrogens with zero attached hydrogens (tertiary/aromatic N) is 1. The van der Waals surface area contributed by atoms with Crippen LogP contribution in [-0.4, -0.2) is 0 Å². The number of rotatable bonds is 7. The van der Waals surface area contributed by atoms with E-state index < -0.39 is 10.8 Å². The van der Waals surface area contributed by atoms with E-state index in [0.717, 1.165) is 17.1 Å². The maximum absolute atomic E-state index is 2.51. The van der Waals surface area contributed by atoms with Crippen LogP contribution in [0.3, 0.4) is 0 Å². The van der Waals surface area contributed by atoms with Crippen molar-refractivity contribution in [3.8, 4) is 22.3 Å². The van der Waals surface area contributed by atoms with Gasteiger partial charge in [-0.25, -0.2) is 0 Å². The first kappa shape index (κ1) is 44.3. The molecule has 0 N–H and O–H groups in total. The second-order valence-corrected chi connectivity index (χ2v) is 22.5. The molecule has 1 atom stereocenters. The van der Waals surface area contributed by atoms with E-state index in [2.05, 4.69) is 286 Å². The lowest BCUT2D eigenvalue weighted by Crippen LogP contribution is -2.32. The van der Waals surface area contributed by atoms with Crippen molar-refractivity contribution in [1.29, 1.82) is 0 Å². The average molecular weight is 894 g/mol. The Kier molecular flexibility index (Phi) is 10.4. The van der Waals surface area contributed by atoms with Crippen molar-refractivity contribution in [2.45, 2.75) is 89.4 Å². The van der Waals surface area contributed by atoms with E-state index in [9.17, 15) is 0 Å². The van der Waals surface area contributed by atoms with Crippen LogP contribution in [0.2, 0.25) is 0 Å². The first-order valence-electron chi connectivity index (χ1n) is 24.8. The van der Waals surface area contributed by atoms with E-state index >= 15 is 0 Å². The minimum absolute atomic E-state index is 0.0268. The molecule has 2 aliphatic carbocycles. The van der Waals surface area contributed by atoms with Gasteiger partial charge in [0, 0.05) is 17.1 Å². The van der Waals surface area contributed by atoms with Gasteiger partial charge >= 0.3 is 0 Å². The molecule has 69 heavy (non-hydrogen) atoms. The third-order valence-corrected chi connectivity index (χ3v) is 15.3. The second kappa shape index (κ2) is 16.2. The molecule has 1 nitrogen and oxygen atoms in total. The highest BCUT2D eigenvalue weighted by molar-refractivity contribution is 5.92. The van der Waals surface area contributed by atoms with Gasteiger partial charge in [0.05, 0.1) is 10.8 Å². The van der Waals surface area contributed by atoms with Gasteiger partial charge in [0.1, 0.15) is 0 Å². The number of hydrogen-bond acceptors (Lipinski definition) is 1. The summed E-state index contributed by atoms with van der Waals surface area (Å²) in [6, 6.07) is 83.2. The molecule has 11 rings (SSSR count). The predicted molar refractivity (Wildman–Crippen MR) is 292 cm³/mol. The van der Waals surface area contributed by atoms with Gasteiger partial charge in [-0.05, 0) is 136 Å². The monoisotopic (exact) mass is 893 g/mol. The molecule has 9 aromatic rings. The summed E-state index contributed by atoms with van der Waals surface area (Å²) in [4.78, 5) is 2.49. The number of benzene rings is 9. The summed E-state index contributed by atoms with van der Waals surface area (Å²) in [5.74, 6) is 0. The molecular formula is C68H63N. The minimum Gasteiger partial charge on any atom is -0.310 e. The summed E-state index contributed by atoms with van der Waals surface area (Å²) in [7, 11) is 0. The van der Waals surface area contributed by atoms with E-state index in [-0.39, 0.29) is 16.2 Å². The zero-order chi connectivity index (χ0) is 47.9. The van der Waals surface area contributed by atoms with Crippen molar-refractivity contribution >= 4 is 17.1 Å². The fourth-order valence-electron chi connectivity index (χ4n) is 12.0. The summed E-state index contributed by atoms with van der Waals surface area (Å²) in [5, 5.41) is 0. The van der Waals surface area contributed by atoms with E-state index in [1.807, 2.05) is 0 Å². The van der Waals surface area contributed by atoms with Gasteiger partial charge in [-0.2, -0.15) is 0 Å². The first-order chi connectivity index (χ1) is 33.1. The molecule has 0 radical (unpaired) electrons. The summed E-state index contributed by atoms with van der Waals surface area (Å²) in [6.07, 6.45) is 0. The van der Waals surface area contributed by atoms with Gasteiger partial charge < -0.3 is 4.90 Å². The third kappa shape index (κ3) is 6.95. The van der Waals surface area contributed by atoms with E-state index in [1.165, 1.54) is 83.5 Å². The molecule has 9 aromatic carbocycles. The molecule has 0 amide bonds. The Morgan fingerprint density at radius 1 is 0.275 bits per heavy atom. The molecule has 1 heteroatoms. The number of para-hydroxylation sites is 1. The molecule has 0 spiro atoms. The lowest BCUT2D eigenvalue weighted by molar-refractivity contribution is 0.571. The molecule has 0 saturated carbocycles. The van der Waals surface area contributed by atoms with Crippen molar-refractivity contribution < 1.29 is 0 Å². The Morgan fingerprint density at radius 3 is 1.13 bits per heavy atom. The Balaban J connectivity index is 1.19. The van der Waals surface area contributed by atoms with Gasteiger partial charge in [0.2, 0.25) is 0 Å². The largest absolute Gasteiger partial charge is 0.310 e. The van der Waals surface area contributed by atoms with Crippen LogP contribution < -0.4 is 4.90 Å². The Morgan fingerprint density at radius 2 is 0.652 bits per heavy atom. The number of fused-ring (bicyclic) bond motifs is 6. The van der Waals surface area contributed by atoms with Gasteiger partial charge in [0.25, 0.3) is 0 Å². The van der Waals surface area contributed by atoms with Crippen LogP contribution in [-0.2, 0) is 27.1 Å². The van der Waals surface area contributed by atoms with E-state index in [0.29, 0.717) is 0 Å². The first-order valence-corrected chi connectivity index (χ1v) is 24.8. The van der Waals surface area contributed by atoms with Gasteiger partial charge in [0.15, 0.2) is 0 Å². The molecule has 1 unspecified atom stereocenters. The predicted octanol–water partition coefficient (Wildman–Crippen LogP) is 17.8. The fraction of sp³-hybridized carbons (Fsp3) is 0.206. The summed E-state index contributed by atoms with van der Waals surface area (Å²) in [6.45, 7) is 20.9. The molecule has 0 heterocycles. The number of anilines is 3. The lowest BCUT2D eigenvalue weighted by atomic mass is 9.64. The van der Waals surface area contributed by atoms with Crippen LogP contribution in [0.1, 0.15) is 124 Å². The van der Waals surface area contributed by atoms with Crippen LogP contribution in [0.5, 0.6) is 0 Å². The van der Waals surface area contributed by atoms with E-state index in [4.69, 9.17) is 0 Å². The van der Waals surface area contributed by atoms with Crippen LogP contribution in [0.4, 0.5) is 17.1 Å². The highest BCUT2D eigenvalue weighted by Crippen LogP contribution is 2.60. The SMILES string of the molecule is CC(C)(C)c1ccc(C2(c3ccc(C(C)(C)C)cc3)c3ccccc3-c3ccc(N(c4ccccc4)c4ccc5c(c4)C(c4ccccc4)(c4ccccc4C(C)(C)C)c4ccccc4-5)cc32)cc1. The Labute approximate surface area is 411 Å². The maximum Gasteiger partial charge on any atom is 0.0717 e. The van der Waals surface area contributed by atoms with Crippen molar-refractivity contribution in [3.05, 3.63) is 280 Å². The second-order valence-electron chi connectivity index (χ2n) is 22.5. The Bertz CT molecular complexity index is 3300. The quantitative estimate of drug-likeness (QED) is 0.154. The highest BCUT2D eigenvalue weighted by Gasteiger charge is 2.49. The van der Waals surface area contributed by atoms with E-state index in [1.54, 1.807) is 0 Å². The molecule has 0 bridgehead atoms. The lowest BCUT2D eigenvalue weighted by Gasteiger charge is -2.38. The van der Waals surface area contributed by atoms with Crippen LogP contribution in [0.15, 0.2) is 218 Å². The highest BCUT2D eigenvalue weighted by atomic mass is 15.1. The normalized spacial score (nSPS) is 15.8. The van der Waals surface area contributed by atoms with Crippen LogP contribution in [0, 0.1) is 0 Å². The van der Waals surface area contributed by atoms with Crippen molar-refractivity contribution in [1.82, 2.24) is 0 Å². The molecule has 0 fully saturated rings. The smallest absolute Gasteiger partial charge is 0.0717 e. The molecular weight excluding hydrogens is 831 g/mol. The molecule has 340 valence electrons. The average Bonchev–Trinajstić information content (AvgIpc) is 3.82. The molecule has 0 saturated heterocycles. The van der Waals surface area contributed by atoms with Gasteiger partial charge in [-0.1, -0.05) is 244 Å². The number of hydrogen-bond donors (Lipinski definition) is 0. The Hall–Kier alpha value is -7.22. The maximum atomic E-state index is 2.51. The van der Waals surface area contributed by atoms with Crippen molar-refractivity contribution in [3.63, 3.8) is 0 Å². The summed E-state index contributed by atoms with van der Waals surface area (Å²) >= 11 is 0.